The SMILES string of the molecule is COc1cccc(C(=O)Oc2ccccc2C(C)=NNC(=O)C(=O)Nc2cc(C)ccc2C)c1. The molecule has 0 aliphatic heterocycles. The average Bonchev–Trinajstić information content (AvgIpc) is 2.84. The van der Waals surface area contributed by atoms with Gasteiger partial charge in [-0.1, -0.05) is 30.3 Å². The van der Waals surface area contributed by atoms with Gasteiger partial charge in [0.25, 0.3) is 0 Å². The molecule has 174 valence electrons. The monoisotopic (exact) mass is 459 g/mol. The third-order valence-electron chi connectivity index (χ3n) is 4.96. The second kappa shape index (κ2) is 10.9. The minimum absolute atomic E-state index is 0.255. The summed E-state index contributed by atoms with van der Waals surface area (Å²) in [5.41, 5.74) is 5.73. The topological polar surface area (TPSA) is 106 Å². The number of methoxy groups -OCH3 is 1. The maximum atomic E-state index is 12.6. The minimum atomic E-state index is -0.925. The van der Waals surface area contributed by atoms with Crippen molar-refractivity contribution >= 4 is 29.2 Å². The minimum Gasteiger partial charge on any atom is -0.497 e. The van der Waals surface area contributed by atoms with E-state index in [4.69, 9.17) is 9.47 Å². The first-order valence-electron chi connectivity index (χ1n) is 10.5. The van der Waals surface area contributed by atoms with Crippen LogP contribution in [0.4, 0.5) is 5.69 Å². The molecule has 0 aliphatic rings. The summed E-state index contributed by atoms with van der Waals surface area (Å²) in [7, 11) is 1.51. The van der Waals surface area contributed by atoms with Crippen molar-refractivity contribution in [2.24, 2.45) is 5.10 Å². The molecule has 3 rings (SSSR count). The molecule has 3 aromatic rings. The normalized spacial score (nSPS) is 10.9. The van der Waals surface area contributed by atoms with E-state index >= 15 is 0 Å². The fraction of sp³-hybridized carbons (Fsp3) is 0.154. The van der Waals surface area contributed by atoms with Gasteiger partial charge < -0.3 is 14.8 Å². The van der Waals surface area contributed by atoms with Crippen molar-refractivity contribution in [3.63, 3.8) is 0 Å². The lowest BCUT2D eigenvalue weighted by atomic mass is 10.1. The molecule has 0 fully saturated rings. The Hall–Kier alpha value is -4.46. The van der Waals surface area contributed by atoms with E-state index in [0.717, 1.165) is 11.1 Å². The van der Waals surface area contributed by atoms with Crippen LogP contribution in [-0.2, 0) is 9.59 Å². The number of hydrazone groups is 1. The van der Waals surface area contributed by atoms with Crippen molar-refractivity contribution in [2.75, 3.05) is 12.4 Å². The van der Waals surface area contributed by atoms with Gasteiger partial charge in [0.05, 0.1) is 18.4 Å². The number of anilines is 1. The largest absolute Gasteiger partial charge is 0.497 e. The highest BCUT2D eigenvalue weighted by Gasteiger charge is 2.16. The summed E-state index contributed by atoms with van der Waals surface area (Å²) < 4.78 is 10.7. The lowest BCUT2D eigenvalue weighted by molar-refractivity contribution is -0.136. The molecule has 34 heavy (non-hydrogen) atoms. The molecule has 0 unspecified atom stereocenters. The second-order valence-corrected chi connectivity index (χ2v) is 7.53. The van der Waals surface area contributed by atoms with Gasteiger partial charge in [-0.25, -0.2) is 10.2 Å². The molecule has 0 bridgehead atoms. The molecule has 0 atom stereocenters. The zero-order valence-corrected chi connectivity index (χ0v) is 19.3. The number of para-hydroxylation sites is 1. The summed E-state index contributed by atoms with van der Waals surface area (Å²) in [4.78, 5) is 37.1. The summed E-state index contributed by atoms with van der Waals surface area (Å²) in [5, 5.41) is 6.59. The molecule has 0 heterocycles. The number of aryl methyl sites for hydroxylation is 2. The van der Waals surface area contributed by atoms with E-state index in [1.165, 1.54) is 7.11 Å². The maximum Gasteiger partial charge on any atom is 0.343 e. The lowest BCUT2D eigenvalue weighted by Gasteiger charge is -2.11. The van der Waals surface area contributed by atoms with Gasteiger partial charge in [0.1, 0.15) is 11.5 Å². The summed E-state index contributed by atoms with van der Waals surface area (Å²) in [6.07, 6.45) is 0. The number of amides is 2. The fourth-order valence-electron chi connectivity index (χ4n) is 3.06. The van der Waals surface area contributed by atoms with E-state index in [-0.39, 0.29) is 5.75 Å². The van der Waals surface area contributed by atoms with Crippen LogP contribution in [0.5, 0.6) is 11.5 Å². The molecule has 8 heteroatoms. The van der Waals surface area contributed by atoms with Gasteiger partial charge >= 0.3 is 17.8 Å². The summed E-state index contributed by atoms with van der Waals surface area (Å²) in [6.45, 7) is 5.35. The Morgan fingerprint density at radius 3 is 2.41 bits per heavy atom. The molecule has 3 aromatic carbocycles. The van der Waals surface area contributed by atoms with E-state index in [0.29, 0.717) is 28.3 Å². The number of rotatable bonds is 6. The van der Waals surface area contributed by atoms with Crippen LogP contribution >= 0.6 is 0 Å². The van der Waals surface area contributed by atoms with Crippen LogP contribution in [0.2, 0.25) is 0 Å². The Kier molecular flexibility index (Phi) is 7.76. The second-order valence-electron chi connectivity index (χ2n) is 7.53. The van der Waals surface area contributed by atoms with E-state index < -0.39 is 17.8 Å². The van der Waals surface area contributed by atoms with E-state index in [1.807, 2.05) is 26.0 Å². The molecule has 0 aromatic heterocycles. The van der Waals surface area contributed by atoms with Gasteiger partial charge in [-0.05, 0) is 68.3 Å². The number of benzene rings is 3. The average molecular weight is 460 g/mol. The summed E-state index contributed by atoms with van der Waals surface area (Å²) >= 11 is 0. The van der Waals surface area contributed by atoms with Crippen LogP contribution in [-0.4, -0.2) is 30.6 Å². The van der Waals surface area contributed by atoms with Crippen LogP contribution in [0.3, 0.4) is 0 Å². The molecule has 2 amide bonds. The predicted octanol–water partition coefficient (Wildman–Crippen LogP) is 4.01. The van der Waals surface area contributed by atoms with Crippen molar-refractivity contribution in [1.29, 1.82) is 0 Å². The number of ether oxygens (including phenoxy) is 2. The highest BCUT2D eigenvalue weighted by Crippen LogP contribution is 2.21. The smallest absolute Gasteiger partial charge is 0.343 e. The van der Waals surface area contributed by atoms with Crippen LogP contribution in [0.25, 0.3) is 0 Å². The summed E-state index contributed by atoms with van der Waals surface area (Å²) in [5.74, 6) is -1.56. The lowest BCUT2D eigenvalue weighted by Crippen LogP contribution is -2.33. The molecule has 0 aliphatic carbocycles. The van der Waals surface area contributed by atoms with Crippen LogP contribution in [0.15, 0.2) is 71.8 Å². The van der Waals surface area contributed by atoms with E-state index in [1.54, 1.807) is 61.5 Å². The molecular weight excluding hydrogens is 434 g/mol. The number of carbonyl (C=O) groups is 3. The Labute approximate surface area is 197 Å². The van der Waals surface area contributed by atoms with E-state index in [2.05, 4.69) is 15.8 Å². The first kappa shape index (κ1) is 24.2. The zero-order chi connectivity index (χ0) is 24.7. The molecule has 0 radical (unpaired) electrons. The zero-order valence-electron chi connectivity index (χ0n) is 19.3. The number of hydrogen-bond acceptors (Lipinski definition) is 6. The van der Waals surface area contributed by atoms with Crippen LogP contribution in [0.1, 0.15) is 34.0 Å². The van der Waals surface area contributed by atoms with E-state index in [9.17, 15) is 14.4 Å². The number of esters is 1. The highest BCUT2D eigenvalue weighted by molar-refractivity contribution is 6.39. The van der Waals surface area contributed by atoms with Crippen molar-refractivity contribution in [2.45, 2.75) is 20.8 Å². The van der Waals surface area contributed by atoms with Crippen molar-refractivity contribution in [3.05, 3.63) is 89.0 Å². The molecule has 0 saturated carbocycles. The molecule has 0 spiro atoms. The molecule has 8 nitrogen and oxygen atoms in total. The standard InChI is InChI=1S/C26H25N3O5/c1-16-12-13-17(2)22(14-16)27-24(30)25(31)29-28-18(3)21-10-5-6-11-23(21)34-26(32)19-8-7-9-20(15-19)33-4/h5-15H,1-4H3,(H,27,30)(H,29,31). The molecule has 0 saturated heterocycles. The Bertz CT molecular complexity index is 1270. The number of nitrogens with zero attached hydrogens (tertiary/aromatic N) is 1. The van der Waals surface area contributed by atoms with Crippen LogP contribution in [0, 0.1) is 13.8 Å². The van der Waals surface area contributed by atoms with Gasteiger partial charge in [-0.15, -0.1) is 0 Å². The first-order valence-corrected chi connectivity index (χ1v) is 10.5. The van der Waals surface area contributed by atoms with Crippen LogP contribution < -0.4 is 20.2 Å². The third kappa shape index (κ3) is 6.07. The van der Waals surface area contributed by atoms with Gasteiger partial charge in [-0.2, -0.15) is 5.10 Å². The Balaban J connectivity index is 1.70. The van der Waals surface area contributed by atoms with Gasteiger partial charge in [0.2, 0.25) is 0 Å². The Morgan fingerprint density at radius 2 is 1.65 bits per heavy atom. The number of hydrogen-bond donors (Lipinski definition) is 2. The number of nitrogens with one attached hydrogen (secondary N) is 2. The van der Waals surface area contributed by atoms with Crippen molar-refractivity contribution in [1.82, 2.24) is 5.43 Å². The van der Waals surface area contributed by atoms with Gasteiger partial charge in [0, 0.05) is 11.3 Å². The molecule has 2 N–H and O–H groups in total. The summed E-state index contributed by atoms with van der Waals surface area (Å²) in [6, 6.07) is 18.9. The predicted molar refractivity (Wildman–Crippen MR) is 129 cm³/mol. The van der Waals surface area contributed by atoms with Crippen molar-refractivity contribution in [3.8, 4) is 11.5 Å². The fourth-order valence-corrected chi connectivity index (χ4v) is 3.06. The first-order chi connectivity index (χ1) is 16.3. The highest BCUT2D eigenvalue weighted by atomic mass is 16.5. The maximum absolute atomic E-state index is 12.6. The van der Waals surface area contributed by atoms with Crippen molar-refractivity contribution < 1.29 is 23.9 Å². The van der Waals surface area contributed by atoms with Gasteiger partial charge in [-0.3, -0.25) is 9.59 Å². The Morgan fingerprint density at radius 1 is 0.882 bits per heavy atom. The third-order valence-corrected chi connectivity index (χ3v) is 4.96. The van der Waals surface area contributed by atoms with Gasteiger partial charge in [0.15, 0.2) is 0 Å². The quantitative estimate of drug-likeness (QED) is 0.190. The molecular formula is C26H25N3O5. The number of carbonyl (C=O) groups excluding carboxylic acids is 3.